The Morgan fingerprint density at radius 2 is 1.85 bits per heavy atom. The van der Waals surface area contributed by atoms with E-state index >= 15 is 0 Å². The second-order valence-electron chi connectivity index (χ2n) is 5.71. The summed E-state index contributed by atoms with van der Waals surface area (Å²) in [7, 11) is 1.68. The number of ether oxygens (including phenoxy) is 1. The molecule has 2 aromatic rings. The molecular weight excluding hydrogens is 400 g/mol. The number of thiophene rings is 1. The Bertz CT molecular complexity index is 599. The van der Waals surface area contributed by atoms with Gasteiger partial charge in [-0.25, -0.2) is 0 Å². The smallest absolute Gasteiger partial charge is 0.133 e. The summed E-state index contributed by atoms with van der Waals surface area (Å²) in [6.45, 7) is 6.74. The zero-order chi connectivity index (χ0) is 14.9. The van der Waals surface area contributed by atoms with E-state index in [-0.39, 0.29) is 10.2 Å². The average Bonchev–Trinajstić information content (AvgIpc) is 2.87. The largest absolute Gasteiger partial charge is 0.496 e. The van der Waals surface area contributed by atoms with Crippen molar-refractivity contribution < 1.29 is 4.74 Å². The summed E-state index contributed by atoms with van der Waals surface area (Å²) in [6.07, 6.45) is 0. The van der Waals surface area contributed by atoms with Crippen LogP contribution in [0.4, 0.5) is 0 Å². The summed E-state index contributed by atoms with van der Waals surface area (Å²) >= 11 is 9.21. The zero-order valence-electron chi connectivity index (χ0n) is 12.0. The van der Waals surface area contributed by atoms with Crippen molar-refractivity contribution in [1.82, 2.24) is 0 Å². The van der Waals surface area contributed by atoms with Crippen LogP contribution in [0.5, 0.6) is 5.75 Å². The molecule has 20 heavy (non-hydrogen) atoms. The molecule has 0 fully saturated rings. The third-order valence-electron chi connectivity index (χ3n) is 3.08. The van der Waals surface area contributed by atoms with E-state index in [1.165, 1.54) is 15.3 Å². The molecule has 0 aliphatic carbocycles. The molecule has 1 unspecified atom stereocenters. The Morgan fingerprint density at radius 3 is 2.35 bits per heavy atom. The highest BCUT2D eigenvalue weighted by molar-refractivity contribution is 9.10. The van der Waals surface area contributed by atoms with E-state index in [0.29, 0.717) is 0 Å². The molecule has 4 heteroatoms. The fourth-order valence-electron chi connectivity index (χ4n) is 1.90. The predicted molar refractivity (Wildman–Crippen MR) is 94.5 cm³/mol. The van der Waals surface area contributed by atoms with E-state index < -0.39 is 0 Å². The van der Waals surface area contributed by atoms with Crippen LogP contribution in [0.25, 0.3) is 0 Å². The first-order valence-electron chi connectivity index (χ1n) is 6.40. The van der Waals surface area contributed by atoms with Gasteiger partial charge in [0.2, 0.25) is 0 Å². The third-order valence-corrected chi connectivity index (χ3v) is 6.60. The number of rotatable bonds is 3. The van der Waals surface area contributed by atoms with Crippen molar-refractivity contribution >= 4 is 43.2 Å². The Labute approximate surface area is 141 Å². The minimum atomic E-state index is 0.204. The number of benzene rings is 1. The predicted octanol–water partition coefficient (Wildman–Crippen LogP) is 6.30. The molecule has 0 amide bonds. The molecule has 2 rings (SSSR count). The van der Waals surface area contributed by atoms with Gasteiger partial charge in [-0.15, -0.1) is 11.3 Å². The van der Waals surface area contributed by atoms with Gasteiger partial charge in [0.05, 0.1) is 16.4 Å². The second kappa shape index (κ2) is 6.20. The first-order valence-corrected chi connectivity index (χ1v) is 8.93. The molecule has 1 nitrogen and oxygen atoms in total. The summed E-state index contributed by atoms with van der Waals surface area (Å²) in [5.41, 5.74) is 1.43. The molecule has 0 N–H and O–H groups in total. The molecule has 0 aliphatic heterocycles. The summed E-state index contributed by atoms with van der Waals surface area (Å²) in [5, 5.41) is 0. The number of hydrogen-bond donors (Lipinski definition) is 0. The number of halogens is 2. The second-order valence-corrected chi connectivity index (χ2v) is 8.59. The molecule has 0 bridgehead atoms. The quantitative estimate of drug-likeness (QED) is 0.532. The lowest BCUT2D eigenvalue weighted by Gasteiger charge is -2.16. The normalized spacial score (nSPS) is 13.3. The molecule has 1 aromatic heterocycles. The van der Waals surface area contributed by atoms with Gasteiger partial charge in [-0.1, -0.05) is 42.8 Å². The van der Waals surface area contributed by atoms with Crippen LogP contribution in [0.3, 0.4) is 0 Å². The molecule has 0 radical (unpaired) electrons. The molecule has 0 spiro atoms. The lowest BCUT2D eigenvalue weighted by molar-refractivity contribution is 0.412. The van der Waals surface area contributed by atoms with Crippen molar-refractivity contribution in [1.29, 1.82) is 0 Å². The number of hydrogen-bond acceptors (Lipinski definition) is 2. The van der Waals surface area contributed by atoms with Crippen LogP contribution in [0.1, 0.15) is 40.9 Å². The maximum atomic E-state index is 5.27. The van der Waals surface area contributed by atoms with Gasteiger partial charge in [0.25, 0.3) is 0 Å². The van der Waals surface area contributed by atoms with Crippen molar-refractivity contribution in [3.63, 3.8) is 0 Å². The zero-order valence-corrected chi connectivity index (χ0v) is 16.0. The first-order chi connectivity index (χ1) is 9.32. The van der Waals surface area contributed by atoms with Gasteiger partial charge in [-0.2, -0.15) is 0 Å². The fraction of sp³-hybridized carbons (Fsp3) is 0.375. The van der Waals surface area contributed by atoms with Crippen LogP contribution in [0.2, 0.25) is 0 Å². The highest BCUT2D eigenvalue weighted by Crippen LogP contribution is 2.40. The van der Waals surface area contributed by atoms with Crippen LogP contribution in [-0.2, 0) is 5.41 Å². The van der Waals surface area contributed by atoms with Crippen molar-refractivity contribution in [2.75, 3.05) is 7.11 Å². The van der Waals surface area contributed by atoms with Gasteiger partial charge in [0, 0.05) is 9.75 Å². The van der Waals surface area contributed by atoms with E-state index in [1.54, 1.807) is 7.11 Å². The van der Waals surface area contributed by atoms with Gasteiger partial charge >= 0.3 is 0 Å². The molecule has 0 saturated heterocycles. The summed E-state index contributed by atoms with van der Waals surface area (Å²) < 4.78 is 6.26. The van der Waals surface area contributed by atoms with Crippen LogP contribution in [-0.4, -0.2) is 7.11 Å². The molecule has 1 aromatic carbocycles. The van der Waals surface area contributed by atoms with Crippen molar-refractivity contribution in [3.8, 4) is 5.75 Å². The van der Waals surface area contributed by atoms with Gasteiger partial charge in [-0.05, 0) is 51.2 Å². The maximum absolute atomic E-state index is 5.27. The number of methoxy groups -OCH3 is 1. The Kier molecular flexibility index (Phi) is 4.98. The van der Waals surface area contributed by atoms with Crippen LogP contribution < -0.4 is 4.74 Å². The van der Waals surface area contributed by atoms with E-state index in [1.807, 2.05) is 17.4 Å². The molecular formula is C16H18Br2OS. The van der Waals surface area contributed by atoms with Gasteiger partial charge < -0.3 is 4.74 Å². The SMILES string of the molecule is COc1ccc(C(Br)c2ccc(C(C)(C)C)s2)cc1Br. The first kappa shape index (κ1) is 16.1. The summed E-state index contributed by atoms with van der Waals surface area (Å²) in [6, 6.07) is 10.6. The van der Waals surface area contributed by atoms with E-state index in [9.17, 15) is 0 Å². The Morgan fingerprint density at radius 1 is 1.15 bits per heavy atom. The maximum Gasteiger partial charge on any atom is 0.133 e. The Balaban J connectivity index is 2.29. The van der Waals surface area contributed by atoms with Crippen molar-refractivity contribution in [2.45, 2.75) is 31.0 Å². The third kappa shape index (κ3) is 3.46. The summed E-state index contributed by atoms with van der Waals surface area (Å²) in [4.78, 5) is 2.95. The van der Waals surface area contributed by atoms with Crippen LogP contribution >= 0.6 is 43.2 Å². The molecule has 0 aliphatic rings. The number of alkyl halides is 1. The monoisotopic (exact) mass is 416 g/mol. The molecule has 108 valence electrons. The molecule has 1 atom stereocenters. The van der Waals surface area contributed by atoms with Gasteiger partial charge in [0.1, 0.15) is 5.75 Å². The van der Waals surface area contributed by atoms with Crippen molar-refractivity contribution in [3.05, 3.63) is 50.1 Å². The molecule has 0 saturated carbocycles. The van der Waals surface area contributed by atoms with Gasteiger partial charge in [-0.3, -0.25) is 0 Å². The average molecular weight is 418 g/mol. The van der Waals surface area contributed by atoms with E-state index in [4.69, 9.17) is 4.74 Å². The topological polar surface area (TPSA) is 9.23 Å². The van der Waals surface area contributed by atoms with Crippen LogP contribution in [0, 0.1) is 0 Å². The lowest BCUT2D eigenvalue weighted by Crippen LogP contribution is -2.07. The van der Waals surface area contributed by atoms with Crippen LogP contribution in [0.15, 0.2) is 34.8 Å². The lowest BCUT2D eigenvalue weighted by atomic mass is 9.95. The van der Waals surface area contributed by atoms with Gasteiger partial charge in [0.15, 0.2) is 0 Å². The Hall–Kier alpha value is -0.320. The highest BCUT2D eigenvalue weighted by atomic mass is 79.9. The van der Waals surface area contributed by atoms with E-state index in [0.717, 1.165) is 10.2 Å². The van der Waals surface area contributed by atoms with E-state index in [2.05, 4.69) is 76.9 Å². The minimum absolute atomic E-state index is 0.204. The molecule has 1 heterocycles. The standard InChI is InChI=1S/C16H18Br2OS/c1-16(2,3)14-8-7-13(20-14)15(18)10-5-6-12(19-4)11(17)9-10/h5-9,15H,1-4H3. The minimum Gasteiger partial charge on any atom is -0.496 e. The fourth-order valence-corrected chi connectivity index (χ4v) is 4.24. The summed E-state index contributed by atoms with van der Waals surface area (Å²) in [5.74, 6) is 0.856. The van der Waals surface area contributed by atoms with Crippen molar-refractivity contribution in [2.24, 2.45) is 0 Å². The highest BCUT2D eigenvalue weighted by Gasteiger charge is 2.20.